The largest absolute Gasteiger partial charge is 0.296 e. The summed E-state index contributed by atoms with van der Waals surface area (Å²) in [5, 5.41) is 12.1. The quantitative estimate of drug-likeness (QED) is 0.295. The van der Waals surface area contributed by atoms with Crippen molar-refractivity contribution in [3.05, 3.63) is 69.7 Å². The zero-order chi connectivity index (χ0) is 18.4. The van der Waals surface area contributed by atoms with Crippen LogP contribution in [0, 0.1) is 0 Å². The first-order chi connectivity index (χ1) is 12.6. The summed E-state index contributed by atoms with van der Waals surface area (Å²) in [4.78, 5) is 12.3. The third-order valence-corrected chi connectivity index (χ3v) is 6.09. The molecule has 3 rings (SSSR count). The Bertz CT molecular complexity index is 887. The Hall–Kier alpha value is -1.60. The van der Waals surface area contributed by atoms with Gasteiger partial charge in [0.25, 0.3) is 5.91 Å². The number of aryl methyl sites for hydroxylation is 1. The van der Waals surface area contributed by atoms with E-state index < -0.39 is 0 Å². The van der Waals surface area contributed by atoms with Gasteiger partial charge in [0.2, 0.25) is 5.13 Å². The molecule has 0 saturated carbocycles. The van der Waals surface area contributed by atoms with E-state index in [1.54, 1.807) is 23.9 Å². The van der Waals surface area contributed by atoms with Crippen LogP contribution in [0.4, 0.5) is 5.13 Å². The SMILES string of the molecule is O=C(Nc1nnc(SCCCc2ccccc2)s1)c1ccc(Cl)cc1Cl. The Balaban J connectivity index is 1.49. The predicted molar refractivity (Wildman–Crippen MR) is 110 cm³/mol. The van der Waals surface area contributed by atoms with E-state index in [4.69, 9.17) is 23.2 Å². The molecule has 26 heavy (non-hydrogen) atoms. The van der Waals surface area contributed by atoms with E-state index in [1.165, 1.54) is 23.0 Å². The molecule has 0 unspecified atom stereocenters. The molecule has 0 fully saturated rings. The van der Waals surface area contributed by atoms with Crippen molar-refractivity contribution in [3.8, 4) is 0 Å². The lowest BCUT2D eigenvalue weighted by atomic mass is 10.1. The number of rotatable bonds is 7. The molecular formula is C18H15Cl2N3OS2. The summed E-state index contributed by atoms with van der Waals surface area (Å²) < 4.78 is 0.829. The summed E-state index contributed by atoms with van der Waals surface area (Å²) in [5.41, 5.74) is 1.68. The molecule has 2 aromatic carbocycles. The van der Waals surface area contributed by atoms with E-state index in [0.717, 1.165) is 22.9 Å². The summed E-state index contributed by atoms with van der Waals surface area (Å²) in [7, 11) is 0. The van der Waals surface area contributed by atoms with Gasteiger partial charge in [0.1, 0.15) is 0 Å². The molecule has 1 aromatic heterocycles. The molecule has 1 N–H and O–H groups in total. The average molecular weight is 424 g/mol. The minimum Gasteiger partial charge on any atom is -0.296 e. The van der Waals surface area contributed by atoms with Crippen LogP contribution in [-0.4, -0.2) is 21.9 Å². The lowest BCUT2D eigenvalue weighted by molar-refractivity contribution is 0.102. The van der Waals surface area contributed by atoms with Gasteiger partial charge < -0.3 is 0 Å². The molecule has 0 atom stereocenters. The smallest absolute Gasteiger partial charge is 0.259 e. The zero-order valence-corrected chi connectivity index (χ0v) is 16.8. The Morgan fingerprint density at radius 2 is 1.92 bits per heavy atom. The van der Waals surface area contributed by atoms with Gasteiger partial charge in [-0.05, 0) is 36.6 Å². The van der Waals surface area contributed by atoms with E-state index in [0.29, 0.717) is 20.7 Å². The number of carbonyl (C=O) groups is 1. The van der Waals surface area contributed by atoms with Crippen LogP contribution in [0.15, 0.2) is 52.9 Å². The Morgan fingerprint density at radius 3 is 2.69 bits per heavy atom. The molecular weight excluding hydrogens is 409 g/mol. The summed E-state index contributed by atoms with van der Waals surface area (Å²) >= 11 is 14.9. The number of benzene rings is 2. The third-order valence-electron chi connectivity index (χ3n) is 3.48. The number of aromatic nitrogens is 2. The Labute approximate surface area is 169 Å². The maximum Gasteiger partial charge on any atom is 0.259 e. The maximum atomic E-state index is 12.3. The molecule has 0 spiro atoms. The Morgan fingerprint density at radius 1 is 1.12 bits per heavy atom. The topological polar surface area (TPSA) is 54.9 Å². The van der Waals surface area contributed by atoms with Crippen LogP contribution in [0.1, 0.15) is 22.3 Å². The third kappa shape index (κ3) is 5.45. The van der Waals surface area contributed by atoms with Crippen molar-refractivity contribution in [2.24, 2.45) is 0 Å². The van der Waals surface area contributed by atoms with E-state index in [2.05, 4.69) is 39.8 Å². The van der Waals surface area contributed by atoms with E-state index in [-0.39, 0.29) is 5.91 Å². The van der Waals surface area contributed by atoms with Gasteiger partial charge in [-0.3, -0.25) is 10.1 Å². The lowest BCUT2D eigenvalue weighted by Gasteiger charge is -2.03. The highest BCUT2D eigenvalue weighted by atomic mass is 35.5. The summed E-state index contributed by atoms with van der Waals surface area (Å²) in [6.45, 7) is 0. The lowest BCUT2D eigenvalue weighted by Crippen LogP contribution is -2.12. The molecule has 0 aliphatic heterocycles. The van der Waals surface area contributed by atoms with Crippen LogP contribution in [0.5, 0.6) is 0 Å². The number of nitrogens with one attached hydrogen (secondary N) is 1. The van der Waals surface area contributed by atoms with E-state index in [9.17, 15) is 4.79 Å². The van der Waals surface area contributed by atoms with Gasteiger partial charge in [-0.15, -0.1) is 10.2 Å². The van der Waals surface area contributed by atoms with Gasteiger partial charge in [0.15, 0.2) is 4.34 Å². The van der Waals surface area contributed by atoms with Crippen LogP contribution in [-0.2, 0) is 6.42 Å². The number of hydrogen-bond donors (Lipinski definition) is 1. The van der Waals surface area contributed by atoms with Crippen molar-refractivity contribution < 1.29 is 4.79 Å². The second-order valence-electron chi connectivity index (χ2n) is 5.39. The van der Waals surface area contributed by atoms with Crippen molar-refractivity contribution in [1.29, 1.82) is 0 Å². The fraction of sp³-hybridized carbons (Fsp3) is 0.167. The standard InChI is InChI=1S/C18H15Cl2N3OS2/c19-13-8-9-14(15(20)11-13)16(24)21-17-22-23-18(26-17)25-10-4-7-12-5-2-1-3-6-12/h1-3,5-6,8-9,11H,4,7,10H2,(H,21,22,24). The number of anilines is 1. The van der Waals surface area contributed by atoms with Crippen LogP contribution >= 0.6 is 46.3 Å². The minimum atomic E-state index is -0.330. The molecule has 0 saturated heterocycles. The van der Waals surface area contributed by atoms with Crippen LogP contribution in [0.2, 0.25) is 10.0 Å². The molecule has 3 aromatic rings. The number of amides is 1. The van der Waals surface area contributed by atoms with Gasteiger partial charge in [0.05, 0.1) is 10.6 Å². The van der Waals surface area contributed by atoms with Crippen molar-refractivity contribution >= 4 is 57.3 Å². The van der Waals surface area contributed by atoms with Crippen molar-refractivity contribution in [1.82, 2.24) is 10.2 Å². The van der Waals surface area contributed by atoms with Crippen LogP contribution in [0.3, 0.4) is 0 Å². The highest BCUT2D eigenvalue weighted by molar-refractivity contribution is 8.01. The number of thioether (sulfide) groups is 1. The van der Waals surface area contributed by atoms with E-state index >= 15 is 0 Å². The second kappa shape index (κ2) is 9.37. The fourth-order valence-corrected chi connectivity index (χ4v) is 4.49. The molecule has 1 heterocycles. The first-order valence-corrected chi connectivity index (χ1v) is 10.4. The summed E-state index contributed by atoms with van der Waals surface area (Å²) in [5.74, 6) is 0.615. The normalized spacial score (nSPS) is 10.7. The molecule has 0 bridgehead atoms. The van der Waals surface area contributed by atoms with Crippen molar-refractivity contribution in [2.75, 3.05) is 11.1 Å². The second-order valence-corrected chi connectivity index (χ2v) is 8.55. The first kappa shape index (κ1) is 19.2. The molecule has 0 aliphatic carbocycles. The summed E-state index contributed by atoms with van der Waals surface area (Å²) in [6.07, 6.45) is 2.08. The van der Waals surface area contributed by atoms with Gasteiger partial charge in [0, 0.05) is 10.8 Å². The molecule has 0 aliphatic rings. The average Bonchev–Trinajstić information content (AvgIpc) is 3.07. The van der Waals surface area contributed by atoms with Crippen LogP contribution in [0.25, 0.3) is 0 Å². The van der Waals surface area contributed by atoms with Gasteiger partial charge >= 0.3 is 0 Å². The van der Waals surface area contributed by atoms with Gasteiger partial charge in [-0.2, -0.15) is 0 Å². The highest BCUT2D eigenvalue weighted by Crippen LogP contribution is 2.27. The number of halogens is 2. The Kier molecular flexibility index (Phi) is 6.91. The van der Waals surface area contributed by atoms with E-state index in [1.807, 2.05) is 6.07 Å². The first-order valence-electron chi connectivity index (χ1n) is 7.88. The molecule has 4 nitrogen and oxygen atoms in total. The number of nitrogens with zero attached hydrogens (tertiary/aromatic N) is 2. The van der Waals surface area contributed by atoms with Crippen molar-refractivity contribution in [3.63, 3.8) is 0 Å². The molecule has 1 amide bonds. The monoisotopic (exact) mass is 423 g/mol. The zero-order valence-electron chi connectivity index (χ0n) is 13.6. The predicted octanol–water partition coefficient (Wildman–Crippen LogP) is 5.82. The number of hydrogen-bond acceptors (Lipinski definition) is 5. The van der Waals surface area contributed by atoms with Crippen molar-refractivity contribution in [2.45, 2.75) is 17.2 Å². The molecule has 8 heteroatoms. The van der Waals surface area contributed by atoms with Gasteiger partial charge in [-0.1, -0.05) is 76.6 Å². The molecule has 0 radical (unpaired) electrons. The summed E-state index contributed by atoms with van der Waals surface area (Å²) in [6, 6.07) is 15.1. The number of carbonyl (C=O) groups excluding carboxylic acids is 1. The highest BCUT2D eigenvalue weighted by Gasteiger charge is 2.13. The minimum absolute atomic E-state index is 0.301. The van der Waals surface area contributed by atoms with Gasteiger partial charge in [-0.25, -0.2) is 0 Å². The van der Waals surface area contributed by atoms with Crippen LogP contribution < -0.4 is 5.32 Å². The maximum absolute atomic E-state index is 12.3. The fourth-order valence-electron chi connectivity index (χ4n) is 2.24. The molecule has 134 valence electrons.